The Morgan fingerprint density at radius 3 is 2.44 bits per heavy atom. The lowest BCUT2D eigenvalue weighted by Crippen LogP contribution is -2.16. The normalized spacial score (nSPS) is 11.7. The Morgan fingerprint density at radius 2 is 1.94 bits per heavy atom. The van der Waals surface area contributed by atoms with Crippen LogP contribution in [0.3, 0.4) is 0 Å². The van der Waals surface area contributed by atoms with E-state index < -0.39 is 10.0 Å². The van der Waals surface area contributed by atoms with Gasteiger partial charge >= 0.3 is 0 Å². The van der Waals surface area contributed by atoms with Crippen LogP contribution in [0, 0.1) is 13.8 Å². The SMILES string of the molecule is Cc1cc(C)n(-c2cccc(S(N)(=O)=O)c2N)n1. The summed E-state index contributed by atoms with van der Waals surface area (Å²) in [6.07, 6.45) is 0. The first-order valence-electron chi connectivity index (χ1n) is 5.25. The van der Waals surface area contributed by atoms with E-state index in [0.717, 1.165) is 11.4 Å². The van der Waals surface area contributed by atoms with Crippen LogP contribution in [0.1, 0.15) is 11.4 Å². The molecule has 0 bridgehead atoms. The lowest BCUT2D eigenvalue weighted by atomic mass is 10.2. The molecule has 6 nitrogen and oxygen atoms in total. The van der Waals surface area contributed by atoms with Gasteiger partial charge in [0.15, 0.2) is 0 Å². The van der Waals surface area contributed by atoms with E-state index in [2.05, 4.69) is 5.10 Å². The fourth-order valence-corrected chi connectivity index (χ4v) is 2.52. The molecule has 1 heterocycles. The lowest BCUT2D eigenvalue weighted by molar-refractivity contribution is 0.598. The third-order valence-corrected chi connectivity index (χ3v) is 3.56. The van der Waals surface area contributed by atoms with Crippen LogP contribution in [0.15, 0.2) is 29.2 Å². The van der Waals surface area contributed by atoms with Gasteiger partial charge in [0, 0.05) is 5.69 Å². The molecular weight excluding hydrogens is 252 g/mol. The van der Waals surface area contributed by atoms with Gasteiger partial charge in [-0.15, -0.1) is 0 Å². The molecule has 0 fully saturated rings. The Bertz CT molecular complexity index is 704. The minimum atomic E-state index is -3.84. The number of rotatable bonds is 2. The summed E-state index contributed by atoms with van der Waals surface area (Å²) in [4.78, 5) is -0.0902. The standard InChI is InChI=1S/C11H14N4O2S/c1-7-6-8(2)15(14-7)9-4-3-5-10(11(9)12)18(13,16)17/h3-6H,12H2,1-2H3,(H2,13,16,17). The first-order valence-corrected chi connectivity index (χ1v) is 6.80. The highest BCUT2D eigenvalue weighted by Crippen LogP contribution is 2.25. The summed E-state index contributed by atoms with van der Waals surface area (Å²) in [7, 11) is -3.84. The Balaban J connectivity index is 2.71. The molecule has 2 aromatic rings. The molecule has 0 aliphatic rings. The maximum Gasteiger partial charge on any atom is 0.240 e. The van der Waals surface area contributed by atoms with E-state index in [-0.39, 0.29) is 10.6 Å². The number of hydrogen-bond donors (Lipinski definition) is 2. The molecule has 4 N–H and O–H groups in total. The molecule has 0 saturated heterocycles. The number of nitrogen functional groups attached to an aromatic ring is 1. The number of para-hydroxylation sites is 1. The largest absolute Gasteiger partial charge is 0.396 e. The molecule has 0 spiro atoms. The maximum atomic E-state index is 11.4. The number of aryl methyl sites for hydroxylation is 2. The maximum absolute atomic E-state index is 11.4. The van der Waals surface area contributed by atoms with E-state index in [9.17, 15) is 8.42 Å². The fourth-order valence-electron chi connectivity index (χ4n) is 1.84. The van der Waals surface area contributed by atoms with Gasteiger partial charge in [-0.05, 0) is 32.0 Å². The second kappa shape index (κ2) is 4.11. The van der Waals surface area contributed by atoms with Crippen LogP contribution in [-0.4, -0.2) is 18.2 Å². The molecule has 0 aliphatic carbocycles. The summed E-state index contributed by atoms with van der Waals surface area (Å²) in [5.41, 5.74) is 8.16. The van der Waals surface area contributed by atoms with E-state index in [4.69, 9.17) is 10.9 Å². The molecule has 0 unspecified atom stereocenters. The second-order valence-electron chi connectivity index (χ2n) is 4.07. The first-order chi connectivity index (χ1) is 8.30. The molecule has 0 amide bonds. The molecule has 7 heteroatoms. The van der Waals surface area contributed by atoms with Gasteiger partial charge in [-0.25, -0.2) is 18.2 Å². The first kappa shape index (κ1) is 12.6. The van der Waals surface area contributed by atoms with E-state index in [0.29, 0.717) is 5.69 Å². The third-order valence-electron chi connectivity index (χ3n) is 2.59. The van der Waals surface area contributed by atoms with Crippen molar-refractivity contribution in [1.82, 2.24) is 9.78 Å². The number of sulfonamides is 1. The van der Waals surface area contributed by atoms with Crippen molar-refractivity contribution in [2.24, 2.45) is 5.14 Å². The van der Waals surface area contributed by atoms with Crippen molar-refractivity contribution in [3.63, 3.8) is 0 Å². The average Bonchev–Trinajstić information content (AvgIpc) is 2.56. The van der Waals surface area contributed by atoms with Gasteiger partial charge in [-0.3, -0.25) is 0 Å². The summed E-state index contributed by atoms with van der Waals surface area (Å²) in [5, 5.41) is 9.38. The minimum absolute atomic E-state index is 0.0902. The second-order valence-corrected chi connectivity index (χ2v) is 5.60. The highest BCUT2D eigenvalue weighted by atomic mass is 32.2. The summed E-state index contributed by atoms with van der Waals surface area (Å²) in [6, 6.07) is 6.54. The fraction of sp³-hybridized carbons (Fsp3) is 0.182. The van der Waals surface area contributed by atoms with Crippen LogP contribution in [0.4, 0.5) is 5.69 Å². The number of aromatic nitrogens is 2. The Kier molecular flexibility index (Phi) is 2.88. The Labute approximate surface area is 105 Å². The monoisotopic (exact) mass is 266 g/mol. The van der Waals surface area contributed by atoms with Crippen LogP contribution in [0.5, 0.6) is 0 Å². The molecule has 1 aromatic heterocycles. The molecule has 1 aromatic carbocycles. The smallest absolute Gasteiger partial charge is 0.240 e. The number of anilines is 1. The number of primary sulfonamides is 1. The highest BCUT2D eigenvalue weighted by Gasteiger charge is 2.16. The summed E-state index contributed by atoms with van der Waals surface area (Å²) >= 11 is 0. The molecule has 0 radical (unpaired) electrons. The van der Waals surface area contributed by atoms with Gasteiger partial charge in [0.1, 0.15) is 4.90 Å². The number of hydrogen-bond acceptors (Lipinski definition) is 4. The van der Waals surface area contributed by atoms with Gasteiger partial charge in [0.05, 0.1) is 17.1 Å². The van der Waals surface area contributed by atoms with Crippen molar-refractivity contribution >= 4 is 15.7 Å². The van der Waals surface area contributed by atoms with Crippen LogP contribution in [-0.2, 0) is 10.0 Å². The van der Waals surface area contributed by atoms with Crippen molar-refractivity contribution in [2.75, 3.05) is 5.73 Å². The molecule has 0 atom stereocenters. The van der Waals surface area contributed by atoms with Crippen LogP contribution < -0.4 is 10.9 Å². The minimum Gasteiger partial charge on any atom is -0.396 e. The number of nitrogens with zero attached hydrogens (tertiary/aromatic N) is 2. The average molecular weight is 266 g/mol. The van der Waals surface area contributed by atoms with Gasteiger partial charge in [-0.1, -0.05) is 6.07 Å². The lowest BCUT2D eigenvalue weighted by Gasteiger charge is -2.10. The third kappa shape index (κ3) is 2.09. The van der Waals surface area contributed by atoms with Crippen LogP contribution in [0.25, 0.3) is 5.69 Å². The van der Waals surface area contributed by atoms with Gasteiger partial charge < -0.3 is 5.73 Å². The van der Waals surface area contributed by atoms with E-state index in [1.165, 1.54) is 6.07 Å². The van der Waals surface area contributed by atoms with Crippen molar-refractivity contribution in [2.45, 2.75) is 18.7 Å². The highest BCUT2D eigenvalue weighted by molar-refractivity contribution is 7.89. The van der Waals surface area contributed by atoms with Crippen molar-refractivity contribution in [3.05, 3.63) is 35.7 Å². The quantitative estimate of drug-likeness (QED) is 0.781. The zero-order valence-electron chi connectivity index (χ0n) is 10.1. The molecule has 2 rings (SSSR count). The topological polar surface area (TPSA) is 104 Å². The molecular formula is C11H14N4O2S. The Morgan fingerprint density at radius 1 is 1.28 bits per heavy atom. The predicted molar refractivity (Wildman–Crippen MR) is 68.8 cm³/mol. The molecule has 0 saturated carbocycles. The predicted octanol–water partition coefficient (Wildman–Crippen LogP) is 0.719. The van der Waals surface area contributed by atoms with Crippen molar-refractivity contribution in [3.8, 4) is 5.69 Å². The zero-order valence-corrected chi connectivity index (χ0v) is 10.9. The molecule has 18 heavy (non-hydrogen) atoms. The van der Waals surface area contributed by atoms with E-state index in [1.54, 1.807) is 16.8 Å². The van der Waals surface area contributed by atoms with Crippen LogP contribution in [0.2, 0.25) is 0 Å². The number of nitrogens with two attached hydrogens (primary N) is 2. The summed E-state index contributed by atoms with van der Waals surface area (Å²) < 4.78 is 24.4. The number of benzene rings is 1. The zero-order chi connectivity index (χ0) is 13.5. The van der Waals surface area contributed by atoms with Gasteiger partial charge in [0.2, 0.25) is 10.0 Å². The molecule has 0 aliphatic heterocycles. The van der Waals surface area contributed by atoms with Gasteiger partial charge in [0.25, 0.3) is 0 Å². The van der Waals surface area contributed by atoms with Crippen molar-refractivity contribution < 1.29 is 8.42 Å². The van der Waals surface area contributed by atoms with Gasteiger partial charge in [-0.2, -0.15) is 5.10 Å². The summed E-state index contributed by atoms with van der Waals surface area (Å²) in [6.45, 7) is 3.71. The van der Waals surface area contributed by atoms with Crippen LogP contribution >= 0.6 is 0 Å². The molecule has 96 valence electrons. The van der Waals surface area contributed by atoms with E-state index in [1.807, 2.05) is 19.9 Å². The Hall–Kier alpha value is -1.86. The summed E-state index contributed by atoms with van der Waals surface area (Å²) in [5.74, 6) is 0. The van der Waals surface area contributed by atoms with Crippen molar-refractivity contribution in [1.29, 1.82) is 0 Å². The van der Waals surface area contributed by atoms with E-state index >= 15 is 0 Å².